The molecule has 0 aliphatic carbocycles. The largest absolute Gasteiger partial charge is 0.391 e. The Labute approximate surface area is 115 Å². The Balaban J connectivity index is 1.95. The van der Waals surface area contributed by atoms with Crippen LogP contribution in [0.15, 0.2) is 12.1 Å². The second kappa shape index (κ2) is 4.67. The Morgan fingerprint density at radius 1 is 1.37 bits per heavy atom. The molecule has 0 aromatic heterocycles. The molecule has 1 saturated heterocycles. The van der Waals surface area contributed by atoms with Gasteiger partial charge in [-0.25, -0.2) is 0 Å². The fourth-order valence-corrected chi connectivity index (χ4v) is 2.96. The van der Waals surface area contributed by atoms with E-state index in [1.165, 1.54) is 0 Å². The lowest BCUT2D eigenvalue weighted by Gasteiger charge is -2.32. The molecule has 2 atom stereocenters. The van der Waals surface area contributed by atoms with Crippen LogP contribution in [-0.2, 0) is 4.79 Å². The first-order valence-corrected chi connectivity index (χ1v) is 6.69. The van der Waals surface area contributed by atoms with Gasteiger partial charge in [0.05, 0.1) is 16.8 Å². The molecule has 0 bridgehead atoms. The Bertz CT molecular complexity index is 535. The van der Waals surface area contributed by atoms with Crippen molar-refractivity contribution in [2.75, 3.05) is 23.3 Å². The topological polar surface area (TPSA) is 72.8 Å². The van der Waals surface area contributed by atoms with Crippen molar-refractivity contribution < 1.29 is 15.0 Å². The van der Waals surface area contributed by atoms with Crippen LogP contribution in [-0.4, -0.2) is 35.3 Å². The molecule has 0 radical (unpaired) electrons. The number of aliphatic hydroxyl groups is 2. The van der Waals surface area contributed by atoms with Gasteiger partial charge >= 0.3 is 0 Å². The molecule has 1 aromatic carbocycles. The molecule has 5 nitrogen and oxygen atoms in total. The number of fused-ring (bicyclic) bond motifs is 1. The van der Waals surface area contributed by atoms with Crippen LogP contribution in [0.5, 0.6) is 0 Å². The third-order valence-corrected chi connectivity index (χ3v) is 3.96. The number of nitrogens with one attached hydrogen (secondary N) is 1. The van der Waals surface area contributed by atoms with E-state index < -0.39 is 12.0 Å². The molecule has 102 valence electrons. The molecule has 2 aliphatic rings. The number of benzene rings is 1. The van der Waals surface area contributed by atoms with Crippen LogP contribution in [0.1, 0.15) is 24.5 Å². The van der Waals surface area contributed by atoms with Crippen molar-refractivity contribution >= 4 is 28.9 Å². The van der Waals surface area contributed by atoms with Gasteiger partial charge < -0.3 is 20.4 Å². The fraction of sp³-hybridized carbons (Fsp3) is 0.462. The first-order chi connectivity index (χ1) is 9.06. The number of piperidine rings is 1. The molecule has 19 heavy (non-hydrogen) atoms. The van der Waals surface area contributed by atoms with Gasteiger partial charge in [0.1, 0.15) is 0 Å². The Morgan fingerprint density at radius 2 is 2.16 bits per heavy atom. The van der Waals surface area contributed by atoms with Crippen LogP contribution in [0.25, 0.3) is 0 Å². The van der Waals surface area contributed by atoms with Gasteiger partial charge in [0.2, 0.25) is 0 Å². The van der Waals surface area contributed by atoms with E-state index in [1.807, 2.05) is 4.90 Å². The number of rotatable bonds is 1. The molecule has 0 saturated carbocycles. The predicted molar refractivity (Wildman–Crippen MR) is 72.5 cm³/mol. The van der Waals surface area contributed by atoms with Crippen LogP contribution in [0.4, 0.5) is 11.4 Å². The zero-order valence-corrected chi connectivity index (χ0v) is 11.0. The summed E-state index contributed by atoms with van der Waals surface area (Å²) in [6, 6.07) is 3.39. The number of β-amino-alcohol motifs (C(OH)–C–C–N with tert-alkyl or cyclic N) is 1. The molecule has 3 rings (SSSR count). The van der Waals surface area contributed by atoms with Crippen molar-refractivity contribution in [3.63, 3.8) is 0 Å². The summed E-state index contributed by atoms with van der Waals surface area (Å²) in [6.45, 7) is 1.36. The first kappa shape index (κ1) is 12.7. The van der Waals surface area contributed by atoms with Crippen molar-refractivity contribution in [3.05, 3.63) is 22.7 Å². The van der Waals surface area contributed by atoms with Crippen LogP contribution < -0.4 is 10.2 Å². The second-order valence-electron chi connectivity index (χ2n) is 5.02. The maximum Gasteiger partial charge on any atom is 0.257 e. The number of carbonyl (C=O) groups is 1. The summed E-state index contributed by atoms with van der Waals surface area (Å²) in [5.74, 6) is -0.429. The monoisotopic (exact) mass is 282 g/mol. The van der Waals surface area contributed by atoms with E-state index >= 15 is 0 Å². The predicted octanol–water partition coefficient (Wildman–Crippen LogP) is 1.29. The molecule has 1 aromatic rings. The Morgan fingerprint density at radius 3 is 2.89 bits per heavy atom. The van der Waals surface area contributed by atoms with Crippen molar-refractivity contribution in [2.24, 2.45) is 0 Å². The zero-order chi connectivity index (χ0) is 13.6. The van der Waals surface area contributed by atoms with Gasteiger partial charge in [-0.15, -0.1) is 0 Å². The molecule has 2 unspecified atom stereocenters. The quantitative estimate of drug-likeness (QED) is 0.726. The van der Waals surface area contributed by atoms with Gasteiger partial charge in [-0.05, 0) is 25.0 Å². The maximum absolute atomic E-state index is 11.4. The normalized spacial score (nSPS) is 26.3. The van der Waals surface area contributed by atoms with E-state index in [0.29, 0.717) is 22.8 Å². The number of amides is 1. The Kier molecular flexibility index (Phi) is 3.12. The minimum atomic E-state index is -1.14. The van der Waals surface area contributed by atoms with Crippen molar-refractivity contribution in [1.82, 2.24) is 0 Å². The molecule has 6 heteroatoms. The SMILES string of the molecule is O=C1Nc2cc(N3CCCC(O)C3)c(Cl)cc2C1O. The summed E-state index contributed by atoms with van der Waals surface area (Å²) in [4.78, 5) is 13.4. The summed E-state index contributed by atoms with van der Waals surface area (Å²) in [6.07, 6.45) is 0.213. The lowest BCUT2D eigenvalue weighted by atomic mass is 10.1. The maximum atomic E-state index is 11.4. The third-order valence-electron chi connectivity index (χ3n) is 3.66. The van der Waals surface area contributed by atoms with Gasteiger partial charge in [-0.1, -0.05) is 11.6 Å². The third kappa shape index (κ3) is 2.18. The summed E-state index contributed by atoms with van der Waals surface area (Å²) in [5, 5.41) is 22.5. The molecular formula is C13H15ClN2O3. The lowest BCUT2D eigenvalue weighted by Crippen LogP contribution is -2.38. The van der Waals surface area contributed by atoms with E-state index in [4.69, 9.17) is 11.6 Å². The van der Waals surface area contributed by atoms with Gasteiger partial charge in [0, 0.05) is 24.3 Å². The minimum Gasteiger partial charge on any atom is -0.391 e. The number of carbonyl (C=O) groups excluding carboxylic acids is 1. The summed E-state index contributed by atoms with van der Waals surface area (Å²) < 4.78 is 0. The van der Waals surface area contributed by atoms with E-state index in [0.717, 1.165) is 25.1 Å². The van der Waals surface area contributed by atoms with Gasteiger partial charge in [-0.3, -0.25) is 4.79 Å². The van der Waals surface area contributed by atoms with E-state index in [1.54, 1.807) is 12.1 Å². The highest BCUT2D eigenvalue weighted by Gasteiger charge is 2.31. The Hall–Kier alpha value is -1.30. The van der Waals surface area contributed by atoms with Crippen LogP contribution in [0, 0.1) is 0 Å². The van der Waals surface area contributed by atoms with E-state index in [9.17, 15) is 15.0 Å². The second-order valence-corrected chi connectivity index (χ2v) is 5.43. The number of anilines is 2. The molecule has 3 N–H and O–H groups in total. The van der Waals surface area contributed by atoms with Crippen LogP contribution >= 0.6 is 11.6 Å². The zero-order valence-electron chi connectivity index (χ0n) is 10.3. The smallest absolute Gasteiger partial charge is 0.257 e. The first-order valence-electron chi connectivity index (χ1n) is 6.31. The summed E-state index contributed by atoms with van der Waals surface area (Å²) in [5.41, 5.74) is 1.89. The van der Waals surface area contributed by atoms with Crippen LogP contribution in [0.2, 0.25) is 5.02 Å². The summed E-state index contributed by atoms with van der Waals surface area (Å²) >= 11 is 6.23. The standard InChI is InChI=1S/C13H15ClN2O3/c14-9-4-8-10(15-13(19)12(8)18)5-11(9)16-3-1-2-7(17)6-16/h4-5,7,12,17-18H,1-3,6H2,(H,15,19). The van der Waals surface area contributed by atoms with Crippen molar-refractivity contribution in [3.8, 4) is 0 Å². The highest BCUT2D eigenvalue weighted by atomic mass is 35.5. The number of nitrogens with zero attached hydrogens (tertiary/aromatic N) is 1. The van der Waals surface area contributed by atoms with Gasteiger partial charge in [-0.2, -0.15) is 0 Å². The number of halogens is 1. The summed E-state index contributed by atoms with van der Waals surface area (Å²) in [7, 11) is 0. The number of hydrogen-bond donors (Lipinski definition) is 3. The van der Waals surface area contributed by atoms with Gasteiger partial charge in [0.25, 0.3) is 5.91 Å². The fourth-order valence-electron chi connectivity index (χ4n) is 2.67. The van der Waals surface area contributed by atoms with Crippen molar-refractivity contribution in [1.29, 1.82) is 0 Å². The van der Waals surface area contributed by atoms with Crippen LogP contribution in [0.3, 0.4) is 0 Å². The molecule has 2 heterocycles. The molecule has 1 amide bonds. The average Bonchev–Trinajstić information content (AvgIpc) is 2.65. The molecule has 1 fully saturated rings. The molecule has 0 spiro atoms. The minimum absolute atomic E-state index is 0.349. The average molecular weight is 283 g/mol. The van der Waals surface area contributed by atoms with E-state index in [2.05, 4.69) is 5.32 Å². The van der Waals surface area contributed by atoms with Crippen molar-refractivity contribution in [2.45, 2.75) is 25.0 Å². The molecule has 2 aliphatic heterocycles. The molecular weight excluding hydrogens is 268 g/mol. The lowest BCUT2D eigenvalue weighted by molar-refractivity contribution is -0.123. The number of aliphatic hydroxyl groups excluding tert-OH is 2. The highest BCUT2D eigenvalue weighted by Crippen LogP contribution is 2.39. The number of hydrogen-bond acceptors (Lipinski definition) is 4. The van der Waals surface area contributed by atoms with E-state index in [-0.39, 0.29) is 6.10 Å². The van der Waals surface area contributed by atoms with Gasteiger partial charge in [0.15, 0.2) is 6.10 Å². The highest BCUT2D eigenvalue weighted by molar-refractivity contribution is 6.33.